The number of hydrogen-bond acceptors (Lipinski definition) is 4. The maximum Gasteiger partial charge on any atom is 0.270 e. The average Bonchev–Trinajstić information content (AvgIpc) is 2.77. The normalized spacial score (nSPS) is 12.9. The summed E-state index contributed by atoms with van der Waals surface area (Å²) in [6.07, 6.45) is -0.272. The van der Waals surface area contributed by atoms with Crippen molar-refractivity contribution in [3.05, 3.63) is 70.8 Å². The molecule has 0 aliphatic rings. The zero-order valence-corrected chi connectivity index (χ0v) is 19.6. The van der Waals surface area contributed by atoms with Crippen LogP contribution < -0.4 is 22.1 Å². The monoisotopic (exact) mass is 488 g/mol. The third-order valence-corrected chi connectivity index (χ3v) is 5.37. The lowest BCUT2D eigenvalue weighted by atomic mass is 10.0. The van der Waals surface area contributed by atoms with Crippen LogP contribution in [0.3, 0.4) is 0 Å². The van der Waals surface area contributed by atoms with Gasteiger partial charge in [-0.25, -0.2) is 8.78 Å². The molecule has 188 valence electrons. The maximum absolute atomic E-state index is 13.5. The molecule has 0 saturated heterocycles. The highest BCUT2D eigenvalue weighted by Crippen LogP contribution is 2.27. The standard InChI is InChI=1S/C25H30F2N4O4/c1-15-3-5-16(6-4-15)14-20(30-22(33)12-11-21(28)32)24(35)31-19(23(29)34)13-17-7-9-18(10-8-17)25(2,26)27/h3-10,19-20H,11-14H2,1-2H3,(H2,28,32)(H2,29,34)(H,30,33)(H,31,35)/t19-,20+/m0/s1. The third-order valence-electron chi connectivity index (χ3n) is 5.37. The molecule has 35 heavy (non-hydrogen) atoms. The number of benzene rings is 2. The van der Waals surface area contributed by atoms with Crippen LogP contribution in [-0.4, -0.2) is 35.7 Å². The number of aryl methyl sites for hydroxylation is 1. The second-order valence-electron chi connectivity index (χ2n) is 8.53. The molecule has 0 bridgehead atoms. The van der Waals surface area contributed by atoms with Crippen LogP contribution in [0, 0.1) is 6.92 Å². The summed E-state index contributed by atoms with van der Waals surface area (Å²) >= 11 is 0. The maximum atomic E-state index is 13.5. The average molecular weight is 489 g/mol. The number of carbonyl (C=O) groups excluding carboxylic acids is 4. The molecule has 2 atom stereocenters. The van der Waals surface area contributed by atoms with Gasteiger partial charge in [0.2, 0.25) is 23.6 Å². The molecule has 10 heteroatoms. The zero-order valence-electron chi connectivity index (χ0n) is 19.6. The summed E-state index contributed by atoms with van der Waals surface area (Å²) < 4.78 is 26.9. The number of nitrogens with one attached hydrogen (secondary N) is 2. The van der Waals surface area contributed by atoms with E-state index in [1.54, 1.807) is 0 Å². The number of alkyl halides is 2. The molecule has 0 spiro atoms. The fraction of sp³-hybridized carbons (Fsp3) is 0.360. The van der Waals surface area contributed by atoms with Crippen molar-refractivity contribution in [1.29, 1.82) is 0 Å². The molecule has 0 radical (unpaired) electrons. The summed E-state index contributed by atoms with van der Waals surface area (Å²) in [5, 5.41) is 5.12. The van der Waals surface area contributed by atoms with Gasteiger partial charge in [-0.3, -0.25) is 19.2 Å². The van der Waals surface area contributed by atoms with Gasteiger partial charge in [-0.15, -0.1) is 0 Å². The van der Waals surface area contributed by atoms with E-state index in [0.717, 1.165) is 18.1 Å². The summed E-state index contributed by atoms with van der Waals surface area (Å²) in [4.78, 5) is 48.4. The Balaban J connectivity index is 2.16. The van der Waals surface area contributed by atoms with Crippen molar-refractivity contribution in [2.24, 2.45) is 11.5 Å². The predicted molar refractivity (Wildman–Crippen MR) is 126 cm³/mol. The van der Waals surface area contributed by atoms with Gasteiger partial charge < -0.3 is 22.1 Å². The second-order valence-corrected chi connectivity index (χ2v) is 8.53. The van der Waals surface area contributed by atoms with Crippen LogP contribution in [0.25, 0.3) is 0 Å². The molecule has 0 heterocycles. The molecule has 8 nitrogen and oxygen atoms in total. The number of primary amides is 2. The highest BCUT2D eigenvalue weighted by atomic mass is 19.3. The number of carbonyl (C=O) groups is 4. The van der Waals surface area contributed by atoms with Crippen molar-refractivity contribution in [2.45, 2.75) is 57.5 Å². The van der Waals surface area contributed by atoms with Crippen molar-refractivity contribution in [1.82, 2.24) is 10.6 Å². The van der Waals surface area contributed by atoms with E-state index in [9.17, 15) is 28.0 Å². The first-order chi connectivity index (χ1) is 16.3. The minimum atomic E-state index is -3.01. The molecule has 0 aliphatic carbocycles. The van der Waals surface area contributed by atoms with Gasteiger partial charge in [0.25, 0.3) is 5.92 Å². The van der Waals surface area contributed by atoms with Crippen LogP contribution in [-0.2, 0) is 37.9 Å². The number of halogens is 2. The molecule has 2 aromatic carbocycles. The summed E-state index contributed by atoms with van der Waals surface area (Å²) in [5.41, 5.74) is 12.7. The van der Waals surface area contributed by atoms with Gasteiger partial charge in [0.1, 0.15) is 12.1 Å². The molecule has 2 rings (SSSR count). The molecule has 2 aromatic rings. The highest BCUT2D eigenvalue weighted by molar-refractivity contribution is 5.92. The molecule has 0 saturated carbocycles. The first kappa shape index (κ1) is 27.4. The smallest absolute Gasteiger partial charge is 0.270 e. The van der Waals surface area contributed by atoms with Crippen LogP contribution in [0.15, 0.2) is 48.5 Å². The Hall–Kier alpha value is -3.82. The highest BCUT2D eigenvalue weighted by Gasteiger charge is 2.27. The molecule has 0 fully saturated rings. The minimum absolute atomic E-state index is 0.0243. The first-order valence-electron chi connectivity index (χ1n) is 11.0. The van der Waals surface area contributed by atoms with E-state index in [4.69, 9.17) is 11.5 Å². The number of amides is 4. The Kier molecular flexibility index (Phi) is 9.44. The molecular weight excluding hydrogens is 458 g/mol. The largest absolute Gasteiger partial charge is 0.370 e. The van der Waals surface area contributed by atoms with E-state index in [0.29, 0.717) is 5.56 Å². The second kappa shape index (κ2) is 12.0. The fourth-order valence-electron chi connectivity index (χ4n) is 3.34. The van der Waals surface area contributed by atoms with E-state index in [1.807, 2.05) is 31.2 Å². The first-order valence-corrected chi connectivity index (χ1v) is 11.0. The summed E-state index contributed by atoms with van der Waals surface area (Å²) in [7, 11) is 0. The van der Waals surface area contributed by atoms with E-state index in [-0.39, 0.29) is 31.2 Å². The van der Waals surface area contributed by atoms with Gasteiger partial charge in [0.15, 0.2) is 0 Å². The zero-order chi connectivity index (χ0) is 26.2. The van der Waals surface area contributed by atoms with E-state index in [2.05, 4.69) is 10.6 Å². The van der Waals surface area contributed by atoms with Crippen molar-refractivity contribution >= 4 is 23.6 Å². The number of hydrogen-bond donors (Lipinski definition) is 4. The number of nitrogens with two attached hydrogens (primary N) is 2. The minimum Gasteiger partial charge on any atom is -0.370 e. The van der Waals surface area contributed by atoms with Gasteiger partial charge in [-0.1, -0.05) is 54.1 Å². The summed E-state index contributed by atoms with van der Waals surface area (Å²) in [6.45, 7) is 2.69. The van der Waals surface area contributed by atoms with Crippen LogP contribution in [0.5, 0.6) is 0 Å². The van der Waals surface area contributed by atoms with Gasteiger partial charge in [0.05, 0.1) is 0 Å². The Morgan fingerprint density at radius 1 is 0.829 bits per heavy atom. The van der Waals surface area contributed by atoms with Crippen molar-refractivity contribution in [2.75, 3.05) is 0 Å². The molecule has 0 aromatic heterocycles. The third kappa shape index (κ3) is 9.15. The van der Waals surface area contributed by atoms with Crippen molar-refractivity contribution in [3.63, 3.8) is 0 Å². The lowest BCUT2D eigenvalue weighted by molar-refractivity contribution is -0.131. The van der Waals surface area contributed by atoms with Crippen LogP contribution >= 0.6 is 0 Å². The number of rotatable bonds is 12. The van der Waals surface area contributed by atoms with E-state index < -0.39 is 41.6 Å². The van der Waals surface area contributed by atoms with Gasteiger partial charge in [-0.2, -0.15) is 0 Å². The SMILES string of the molecule is Cc1ccc(C[C@@H](NC(=O)CCC(N)=O)C(=O)N[C@@H](Cc2ccc(C(C)(F)F)cc2)C(N)=O)cc1. The van der Waals surface area contributed by atoms with E-state index >= 15 is 0 Å². The Bertz CT molecular complexity index is 1050. The molecule has 4 amide bonds. The van der Waals surface area contributed by atoms with Crippen LogP contribution in [0.2, 0.25) is 0 Å². The van der Waals surface area contributed by atoms with Gasteiger partial charge in [0, 0.05) is 38.2 Å². The Morgan fingerprint density at radius 3 is 1.83 bits per heavy atom. The molecule has 0 unspecified atom stereocenters. The summed E-state index contributed by atoms with van der Waals surface area (Å²) in [5.74, 6) is -5.69. The lowest BCUT2D eigenvalue weighted by Gasteiger charge is -2.22. The van der Waals surface area contributed by atoms with Crippen molar-refractivity contribution in [3.8, 4) is 0 Å². The van der Waals surface area contributed by atoms with Crippen molar-refractivity contribution < 1.29 is 28.0 Å². The Labute approximate surface area is 202 Å². The van der Waals surface area contributed by atoms with Crippen LogP contribution in [0.4, 0.5) is 8.78 Å². The van der Waals surface area contributed by atoms with Gasteiger partial charge >= 0.3 is 0 Å². The molecular formula is C25H30F2N4O4. The topological polar surface area (TPSA) is 144 Å². The lowest BCUT2D eigenvalue weighted by Crippen LogP contribution is -2.54. The van der Waals surface area contributed by atoms with Crippen LogP contribution in [0.1, 0.15) is 42.0 Å². The van der Waals surface area contributed by atoms with Gasteiger partial charge in [-0.05, 0) is 18.1 Å². The quantitative estimate of drug-likeness (QED) is 0.360. The Morgan fingerprint density at radius 2 is 1.34 bits per heavy atom. The molecule has 0 aliphatic heterocycles. The fourth-order valence-corrected chi connectivity index (χ4v) is 3.34. The summed E-state index contributed by atoms with van der Waals surface area (Å²) in [6, 6.07) is 10.5. The predicted octanol–water partition coefficient (Wildman–Crippen LogP) is 1.61. The molecule has 6 N–H and O–H groups in total. The van der Waals surface area contributed by atoms with E-state index in [1.165, 1.54) is 24.3 Å².